The molecule has 1 unspecified atom stereocenters. The number of nitrogens with one attached hydrogen (secondary N) is 2. The van der Waals surface area contributed by atoms with Gasteiger partial charge in [0.25, 0.3) is 18.2 Å². The smallest absolute Gasteiger partial charge is 0.284 e. The summed E-state index contributed by atoms with van der Waals surface area (Å²) >= 11 is 0. The van der Waals surface area contributed by atoms with E-state index in [-0.39, 0.29) is 46.3 Å². The van der Waals surface area contributed by atoms with E-state index in [1.165, 1.54) is 16.9 Å². The maximum Gasteiger partial charge on any atom is 0.284 e. The highest BCUT2D eigenvalue weighted by Crippen LogP contribution is 2.47. The van der Waals surface area contributed by atoms with Crippen molar-refractivity contribution in [2.24, 2.45) is 11.3 Å². The molecule has 2 N–H and O–H groups in total. The molecule has 4 aliphatic heterocycles. The quantitative estimate of drug-likeness (QED) is 0.214. The van der Waals surface area contributed by atoms with Crippen LogP contribution in [0.25, 0.3) is 5.65 Å². The number of carbonyl (C=O) groups excluding carboxylic acids is 4. The number of alkyl halides is 2. The second-order valence-corrected chi connectivity index (χ2v) is 17.3. The first kappa shape index (κ1) is 40.1. The van der Waals surface area contributed by atoms with Crippen molar-refractivity contribution < 1.29 is 32.7 Å². The van der Waals surface area contributed by atoms with Crippen molar-refractivity contribution in [1.29, 1.82) is 0 Å². The molecule has 7 heterocycles. The van der Waals surface area contributed by atoms with Crippen molar-refractivity contribution >= 4 is 40.8 Å². The third kappa shape index (κ3) is 8.38. The van der Waals surface area contributed by atoms with Gasteiger partial charge < -0.3 is 24.8 Å². The Kier molecular flexibility index (Phi) is 11.4. The van der Waals surface area contributed by atoms with Crippen LogP contribution in [-0.2, 0) is 14.3 Å². The molecule has 1 aromatic carbocycles. The number of nitrogens with zero attached hydrogens (tertiary/aromatic N) is 8. The van der Waals surface area contributed by atoms with Crippen LogP contribution in [0.15, 0.2) is 48.9 Å². The molecule has 17 heteroatoms. The fraction of sp³-hybridized carbons (Fsp3) is 0.558. The van der Waals surface area contributed by atoms with Crippen LogP contribution in [-0.4, -0.2) is 117 Å². The van der Waals surface area contributed by atoms with E-state index in [1.54, 1.807) is 23.0 Å². The van der Waals surface area contributed by atoms with Crippen LogP contribution in [0.1, 0.15) is 115 Å². The maximum absolute atomic E-state index is 14.3. The van der Waals surface area contributed by atoms with Gasteiger partial charge in [-0.25, -0.2) is 18.3 Å². The second kappa shape index (κ2) is 17.0. The fourth-order valence-electron chi connectivity index (χ4n) is 9.97. The average molecular weight is 827 g/mol. The van der Waals surface area contributed by atoms with Gasteiger partial charge in [-0.05, 0) is 92.9 Å². The van der Waals surface area contributed by atoms with E-state index in [4.69, 9.17) is 4.74 Å². The van der Waals surface area contributed by atoms with Gasteiger partial charge in [0, 0.05) is 70.2 Å². The Morgan fingerprint density at radius 2 is 1.65 bits per heavy atom. The number of carbonyl (C=O) groups is 4. The highest BCUT2D eigenvalue weighted by molar-refractivity contribution is 6.08. The summed E-state index contributed by atoms with van der Waals surface area (Å²) in [5.74, 6) is -0.128. The summed E-state index contributed by atoms with van der Waals surface area (Å²) in [7, 11) is 0. The molecule has 4 saturated heterocycles. The van der Waals surface area contributed by atoms with Gasteiger partial charge >= 0.3 is 0 Å². The number of rotatable bonds is 9. The minimum absolute atomic E-state index is 0.00636. The molecule has 4 aromatic rings. The number of hydrogen-bond donors (Lipinski definition) is 2. The van der Waals surface area contributed by atoms with Gasteiger partial charge in [0.05, 0.1) is 37.1 Å². The number of halogens is 2. The SMILES string of the molecule is O=C1CCC(c2ccc(C(=O)N3CCC4(CCC(CN5CCC(n6cc(NC(=O)c7cnn8ccc(N9CCOCC9)nc78)c(C(F)F)n6)CC5)CC4)CC3)cc2)C(=O)N1. The number of fused-ring (bicyclic) bond motifs is 1. The summed E-state index contributed by atoms with van der Waals surface area (Å²) in [5.41, 5.74) is 1.80. The number of benzene rings is 1. The summed E-state index contributed by atoms with van der Waals surface area (Å²) in [4.78, 5) is 61.9. The molecule has 318 valence electrons. The van der Waals surface area contributed by atoms with Gasteiger partial charge in [-0.3, -0.25) is 29.2 Å². The first-order valence-corrected chi connectivity index (χ1v) is 21.4. The highest BCUT2D eigenvalue weighted by Gasteiger charge is 2.40. The largest absolute Gasteiger partial charge is 0.378 e. The number of anilines is 2. The third-order valence-electron chi connectivity index (χ3n) is 13.7. The number of hydrogen-bond acceptors (Lipinski definition) is 10. The van der Waals surface area contributed by atoms with E-state index < -0.39 is 18.0 Å². The first-order chi connectivity index (χ1) is 29.1. The van der Waals surface area contributed by atoms with Crippen LogP contribution in [0.2, 0.25) is 0 Å². The van der Waals surface area contributed by atoms with Crippen molar-refractivity contribution in [2.75, 3.05) is 69.2 Å². The van der Waals surface area contributed by atoms with Crippen LogP contribution in [0.5, 0.6) is 0 Å². The zero-order valence-electron chi connectivity index (χ0n) is 33.7. The Labute approximate surface area is 346 Å². The zero-order valence-corrected chi connectivity index (χ0v) is 33.7. The topological polar surface area (TPSA) is 159 Å². The zero-order chi connectivity index (χ0) is 41.4. The van der Waals surface area contributed by atoms with Crippen LogP contribution >= 0.6 is 0 Å². The van der Waals surface area contributed by atoms with E-state index >= 15 is 0 Å². The Bertz CT molecular complexity index is 2210. The normalized spacial score (nSPS) is 22.1. The van der Waals surface area contributed by atoms with Crippen molar-refractivity contribution in [1.82, 2.24) is 39.5 Å². The summed E-state index contributed by atoms with van der Waals surface area (Å²) in [6.07, 6.45) is 10.8. The van der Waals surface area contributed by atoms with Crippen LogP contribution in [0.3, 0.4) is 0 Å². The van der Waals surface area contributed by atoms with Gasteiger partial charge in [0.2, 0.25) is 11.8 Å². The Morgan fingerprint density at radius 1 is 0.917 bits per heavy atom. The summed E-state index contributed by atoms with van der Waals surface area (Å²) in [6, 6.07) is 9.06. The second-order valence-electron chi connectivity index (χ2n) is 17.3. The number of amides is 4. The van der Waals surface area contributed by atoms with Gasteiger partial charge in [-0.15, -0.1) is 0 Å². The van der Waals surface area contributed by atoms with E-state index in [0.717, 1.165) is 89.7 Å². The van der Waals surface area contributed by atoms with Gasteiger partial charge in [0.1, 0.15) is 11.4 Å². The number of ether oxygens (including phenoxy) is 1. The monoisotopic (exact) mass is 826 g/mol. The summed E-state index contributed by atoms with van der Waals surface area (Å²) < 4.78 is 37.1. The Morgan fingerprint density at radius 3 is 2.35 bits per heavy atom. The Hall–Kier alpha value is -5.29. The molecular weight excluding hydrogens is 775 g/mol. The van der Waals surface area contributed by atoms with Crippen molar-refractivity contribution in [3.8, 4) is 0 Å². The predicted molar refractivity (Wildman–Crippen MR) is 217 cm³/mol. The van der Waals surface area contributed by atoms with E-state index in [1.807, 2.05) is 23.1 Å². The number of likely N-dealkylation sites (tertiary alicyclic amines) is 2. The molecule has 5 aliphatic rings. The molecule has 4 amide bonds. The fourth-order valence-corrected chi connectivity index (χ4v) is 9.97. The standard InChI is InChI=1S/C43H52F2N10O5/c44-38(45)37-34(47-41(58)33-25-46-54-18-11-35(48-39(33)54)52-21-23-60-24-22-52)27-55(50-37)31-9-16-51(17-10-31)26-28-7-12-43(13-8-28)14-19-53(20-15-43)42(59)30-3-1-29(2-4-30)32-5-6-36(56)49-40(32)57/h1-4,11,18,25,27-28,31-32,38H,5-10,12-17,19-24,26H2,(H,47,58)(H,49,56,57). The number of aromatic nitrogens is 5. The van der Waals surface area contributed by atoms with Gasteiger partial charge in [0.15, 0.2) is 11.3 Å². The minimum atomic E-state index is -2.86. The first-order valence-electron chi connectivity index (χ1n) is 21.4. The number of morpholine rings is 1. The van der Waals surface area contributed by atoms with E-state index in [0.29, 0.717) is 62.1 Å². The van der Waals surface area contributed by atoms with Gasteiger partial charge in [-0.1, -0.05) is 12.1 Å². The molecule has 1 saturated carbocycles. The van der Waals surface area contributed by atoms with Crippen LogP contribution in [0.4, 0.5) is 20.3 Å². The number of imide groups is 1. The number of piperidine rings is 3. The molecule has 15 nitrogen and oxygen atoms in total. The molecule has 9 rings (SSSR count). The Balaban J connectivity index is 0.738. The molecular formula is C43H52F2N10O5. The molecule has 0 bridgehead atoms. The molecule has 1 aliphatic carbocycles. The third-order valence-corrected chi connectivity index (χ3v) is 13.7. The lowest BCUT2D eigenvalue weighted by molar-refractivity contribution is -0.134. The molecule has 5 fully saturated rings. The summed E-state index contributed by atoms with van der Waals surface area (Å²) in [5, 5.41) is 13.6. The van der Waals surface area contributed by atoms with Crippen molar-refractivity contribution in [3.63, 3.8) is 0 Å². The van der Waals surface area contributed by atoms with E-state index in [2.05, 4.69) is 35.6 Å². The molecule has 1 spiro atoms. The average Bonchev–Trinajstić information content (AvgIpc) is 3.90. The van der Waals surface area contributed by atoms with Crippen LogP contribution < -0.4 is 15.5 Å². The van der Waals surface area contributed by atoms with Crippen molar-refractivity contribution in [3.05, 3.63) is 71.3 Å². The van der Waals surface area contributed by atoms with Crippen LogP contribution in [0, 0.1) is 11.3 Å². The molecule has 60 heavy (non-hydrogen) atoms. The highest BCUT2D eigenvalue weighted by atomic mass is 19.3. The lowest BCUT2D eigenvalue weighted by atomic mass is 9.65. The summed E-state index contributed by atoms with van der Waals surface area (Å²) in [6.45, 7) is 6.74. The maximum atomic E-state index is 14.3. The lowest BCUT2D eigenvalue weighted by Gasteiger charge is -2.47. The minimum Gasteiger partial charge on any atom is -0.378 e. The molecule has 0 radical (unpaired) electrons. The van der Waals surface area contributed by atoms with Gasteiger partial charge in [-0.2, -0.15) is 10.2 Å². The lowest BCUT2D eigenvalue weighted by Crippen LogP contribution is -2.45. The molecule has 3 aromatic heterocycles. The molecule has 1 atom stereocenters. The predicted octanol–water partition coefficient (Wildman–Crippen LogP) is 5.22. The van der Waals surface area contributed by atoms with Crippen molar-refractivity contribution in [2.45, 2.75) is 82.6 Å². The van der Waals surface area contributed by atoms with E-state index in [9.17, 15) is 28.0 Å².